The van der Waals surface area contributed by atoms with Crippen molar-refractivity contribution in [2.24, 2.45) is 0 Å². The zero-order chi connectivity index (χ0) is 20.2. The Morgan fingerprint density at radius 1 is 0.931 bits per heavy atom. The molecule has 3 rings (SSSR count). The number of unbranched alkanes of at least 4 members (excludes halogenated alkanes) is 3. The molecule has 3 nitrogen and oxygen atoms in total. The molecule has 0 spiro atoms. The first-order valence-electron chi connectivity index (χ1n) is 10.7. The molecule has 4 heteroatoms. The van der Waals surface area contributed by atoms with Gasteiger partial charge < -0.3 is 10.2 Å². The minimum absolute atomic E-state index is 0.0426. The predicted molar refractivity (Wildman–Crippen MR) is 125 cm³/mol. The highest BCUT2D eigenvalue weighted by Crippen LogP contribution is 2.21. The highest BCUT2D eigenvalue weighted by atomic mass is 32.2. The van der Waals surface area contributed by atoms with Gasteiger partial charge in [-0.1, -0.05) is 61.4 Å². The quantitative estimate of drug-likeness (QED) is 0.241. The zero-order valence-electron chi connectivity index (χ0n) is 17.2. The maximum atomic E-state index is 12.1. The van der Waals surface area contributed by atoms with Gasteiger partial charge in [0.25, 0.3) is 0 Å². The van der Waals surface area contributed by atoms with Crippen LogP contribution in [0.3, 0.4) is 0 Å². The summed E-state index contributed by atoms with van der Waals surface area (Å²) in [5, 5.41) is 3.41. The van der Waals surface area contributed by atoms with Crippen molar-refractivity contribution < 1.29 is 4.79 Å². The van der Waals surface area contributed by atoms with Crippen molar-refractivity contribution in [1.82, 2.24) is 10.2 Å². The van der Waals surface area contributed by atoms with E-state index in [9.17, 15) is 4.79 Å². The topological polar surface area (TPSA) is 32.3 Å². The number of benzene rings is 2. The Morgan fingerprint density at radius 2 is 1.66 bits per heavy atom. The zero-order valence-corrected chi connectivity index (χ0v) is 18.0. The normalized spacial score (nSPS) is 15.0. The molecule has 0 amide bonds. The van der Waals surface area contributed by atoms with Crippen LogP contribution < -0.4 is 5.32 Å². The number of piperazine rings is 1. The Bertz CT molecular complexity index is 752. The minimum atomic E-state index is 0.0426. The van der Waals surface area contributed by atoms with Crippen molar-refractivity contribution in [3.63, 3.8) is 0 Å². The van der Waals surface area contributed by atoms with E-state index in [0.717, 1.165) is 24.2 Å². The predicted octanol–water partition coefficient (Wildman–Crippen LogP) is 5.14. The van der Waals surface area contributed by atoms with Gasteiger partial charge in [0.2, 0.25) is 0 Å². The molecule has 2 aromatic rings. The third-order valence-electron chi connectivity index (χ3n) is 5.21. The van der Waals surface area contributed by atoms with Gasteiger partial charge in [-0.2, -0.15) is 0 Å². The number of nitrogens with one attached hydrogen (secondary N) is 1. The Labute approximate surface area is 179 Å². The van der Waals surface area contributed by atoms with Gasteiger partial charge in [-0.05, 0) is 48.9 Å². The molecule has 0 aromatic heterocycles. The summed E-state index contributed by atoms with van der Waals surface area (Å²) in [4.78, 5) is 16.0. The lowest BCUT2D eigenvalue weighted by molar-refractivity contribution is 0.104. The second-order valence-corrected chi connectivity index (χ2v) is 8.66. The number of hydrogen-bond donors (Lipinski definition) is 1. The van der Waals surface area contributed by atoms with Gasteiger partial charge in [0.1, 0.15) is 0 Å². The van der Waals surface area contributed by atoms with E-state index in [4.69, 9.17) is 0 Å². The Balaban J connectivity index is 1.29. The van der Waals surface area contributed by atoms with Crippen LogP contribution in [0, 0.1) is 0 Å². The molecule has 154 valence electrons. The van der Waals surface area contributed by atoms with Crippen molar-refractivity contribution in [2.45, 2.75) is 30.6 Å². The average Bonchev–Trinajstić information content (AvgIpc) is 2.79. The second kappa shape index (κ2) is 12.6. The molecule has 2 aromatic carbocycles. The highest BCUT2D eigenvalue weighted by molar-refractivity contribution is 7.99. The monoisotopic (exact) mass is 408 g/mol. The van der Waals surface area contributed by atoms with Crippen molar-refractivity contribution in [3.05, 3.63) is 71.8 Å². The number of rotatable bonds is 11. The number of allylic oxidation sites excluding steroid dienone is 1. The maximum Gasteiger partial charge on any atom is 0.185 e. The molecule has 1 heterocycles. The van der Waals surface area contributed by atoms with Gasteiger partial charge >= 0.3 is 0 Å². The first-order valence-corrected chi connectivity index (χ1v) is 11.7. The fourth-order valence-corrected chi connectivity index (χ4v) is 4.37. The van der Waals surface area contributed by atoms with E-state index >= 15 is 0 Å². The van der Waals surface area contributed by atoms with Crippen LogP contribution in [0.4, 0.5) is 0 Å². The summed E-state index contributed by atoms with van der Waals surface area (Å²) in [5.74, 6) is 1.22. The van der Waals surface area contributed by atoms with Crippen molar-refractivity contribution in [2.75, 3.05) is 38.5 Å². The molecule has 1 fully saturated rings. The van der Waals surface area contributed by atoms with E-state index in [0.29, 0.717) is 0 Å². The summed E-state index contributed by atoms with van der Waals surface area (Å²) < 4.78 is 0. The average molecular weight is 409 g/mol. The number of nitrogens with zero attached hydrogens (tertiary/aromatic N) is 1. The number of carbonyl (C=O) groups is 1. The molecule has 29 heavy (non-hydrogen) atoms. The Hall–Kier alpha value is -1.88. The summed E-state index contributed by atoms with van der Waals surface area (Å²) in [6.45, 7) is 5.97. The lowest BCUT2D eigenvalue weighted by atomic mass is 10.1. The standard InChI is InChI=1S/C25H32N2OS/c28-25(23-8-4-3-5-9-23)15-12-22-10-13-24(14-11-22)29-21-7-2-1-6-18-27-19-16-26-17-20-27/h3-5,8-15,26H,1-2,6-7,16-21H2/b15-12+. The van der Waals surface area contributed by atoms with Crippen LogP contribution in [0.2, 0.25) is 0 Å². The van der Waals surface area contributed by atoms with E-state index < -0.39 is 0 Å². The summed E-state index contributed by atoms with van der Waals surface area (Å²) in [5.41, 5.74) is 1.79. The molecular formula is C25H32N2OS. The van der Waals surface area contributed by atoms with E-state index in [2.05, 4.69) is 34.5 Å². The molecule has 1 aliphatic heterocycles. The van der Waals surface area contributed by atoms with Crippen LogP contribution in [0.15, 0.2) is 65.6 Å². The fourth-order valence-electron chi connectivity index (χ4n) is 3.46. The van der Waals surface area contributed by atoms with Crippen molar-refractivity contribution >= 4 is 23.6 Å². The van der Waals surface area contributed by atoms with Crippen LogP contribution in [-0.2, 0) is 0 Å². The molecule has 0 radical (unpaired) electrons. The molecule has 1 saturated heterocycles. The van der Waals surface area contributed by atoms with E-state index in [1.807, 2.05) is 48.2 Å². The summed E-state index contributed by atoms with van der Waals surface area (Å²) in [6, 6.07) is 17.9. The lowest BCUT2D eigenvalue weighted by Crippen LogP contribution is -2.43. The molecule has 0 aliphatic carbocycles. The number of thioether (sulfide) groups is 1. The van der Waals surface area contributed by atoms with Crippen molar-refractivity contribution in [1.29, 1.82) is 0 Å². The Kier molecular flexibility index (Phi) is 9.51. The molecule has 1 aliphatic rings. The molecular weight excluding hydrogens is 376 g/mol. The lowest BCUT2D eigenvalue weighted by Gasteiger charge is -2.26. The molecule has 0 atom stereocenters. The van der Waals surface area contributed by atoms with Gasteiger partial charge in [0, 0.05) is 36.6 Å². The van der Waals surface area contributed by atoms with Gasteiger partial charge in [0.15, 0.2) is 5.78 Å². The maximum absolute atomic E-state index is 12.1. The molecule has 1 N–H and O–H groups in total. The fraction of sp³-hybridized carbons (Fsp3) is 0.400. The third-order valence-corrected chi connectivity index (χ3v) is 6.31. The SMILES string of the molecule is O=C(/C=C/c1ccc(SCCCCCCN2CCNCC2)cc1)c1ccccc1. The van der Waals surface area contributed by atoms with E-state index in [-0.39, 0.29) is 5.78 Å². The van der Waals surface area contributed by atoms with Gasteiger partial charge in [-0.15, -0.1) is 11.8 Å². The van der Waals surface area contributed by atoms with Crippen LogP contribution in [0.1, 0.15) is 41.6 Å². The second-order valence-electron chi connectivity index (χ2n) is 7.49. The summed E-state index contributed by atoms with van der Waals surface area (Å²) >= 11 is 1.93. The van der Waals surface area contributed by atoms with E-state index in [1.165, 1.54) is 56.0 Å². The summed E-state index contributed by atoms with van der Waals surface area (Å²) in [6.07, 6.45) is 8.80. The number of carbonyl (C=O) groups excluding carboxylic acids is 1. The Morgan fingerprint density at radius 3 is 2.41 bits per heavy atom. The van der Waals surface area contributed by atoms with Crippen LogP contribution >= 0.6 is 11.8 Å². The molecule has 0 saturated carbocycles. The number of ketones is 1. The van der Waals surface area contributed by atoms with Gasteiger partial charge in [-0.3, -0.25) is 4.79 Å². The summed E-state index contributed by atoms with van der Waals surface area (Å²) in [7, 11) is 0. The first kappa shape index (κ1) is 21.8. The smallest absolute Gasteiger partial charge is 0.185 e. The van der Waals surface area contributed by atoms with E-state index in [1.54, 1.807) is 6.08 Å². The first-order chi connectivity index (χ1) is 14.3. The van der Waals surface area contributed by atoms with Crippen LogP contribution in [0.25, 0.3) is 6.08 Å². The number of hydrogen-bond acceptors (Lipinski definition) is 4. The van der Waals surface area contributed by atoms with Crippen molar-refractivity contribution in [3.8, 4) is 0 Å². The molecule has 0 unspecified atom stereocenters. The third kappa shape index (κ3) is 8.17. The van der Waals surface area contributed by atoms with Crippen LogP contribution in [0.5, 0.6) is 0 Å². The minimum Gasteiger partial charge on any atom is -0.314 e. The molecule has 0 bridgehead atoms. The largest absolute Gasteiger partial charge is 0.314 e. The van der Waals surface area contributed by atoms with Crippen LogP contribution in [-0.4, -0.2) is 49.2 Å². The highest BCUT2D eigenvalue weighted by Gasteiger charge is 2.08. The van der Waals surface area contributed by atoms with Gasteiger partial charge in [0.05, 0.1) is 0 Å². The van der Waals surface area contributed by atoms with Gasteiger partial charge in [-0.25, -0.2) is 0 Å².